The maximum Gasteiger partial charge on any atom is 0.236 e. The lowest BCUT2D eigenvalue weighted by Crippen LogP contribution is -2.43. The Balaban J connectivity index is 2.07. The Morgan fingerprint density at radius 2 is 2.12 bits per heavy atom. The van der Waals surface area contributed by atoms with Gasteiger partial charge in [0.05, 0.1) is 6.54 Å². The molecule has 2 rings (SSSR count). The summed E-state index contributed by atoms with van der Waals surface area (Å²) in [5, 5.41) is 2.92. The van der Waals surface area contributed by atoms with E-state index in [4.69, 9.17) is 4.98 Å². The average molecular weight is 347 g/mol. The molecule has 2 heterocycles. The molecule has 1 atom stereocenters. The second-order valence-corrected chi connectivity index (χ2v) is 6.86. The number of rotatable bonds is 6. The molecule has 0 aliphatic carbocycles. The normalized spacial score (nSPS) is 17.4. The van der Waals surface area contributed by atoms with E-state index < -0.39 is 0 Å². The van der Waals surface area contributed by atoms with Crippen molar-refractivity contribution in [3.63, 3.8) is 0 Å². The van der Waals surface area contributed by atoms with Crippen molar-refractivity contribution in [1.82, 2.24) is 25.1 Å². The van der Waals surface area contributed by atoms with Crippen LogP contribution in [0.1, 0.15) is 42.4 Å². The molecule has 1 aromatic heterocycles. The molecule has 0 spiro atoms. The van der Waals surface area contributed by atoms with Gasteiger partial charge in [0.1, 0.15) is 5.82 Å². The zero-order chi connectivity index (χ0) is 18.4. The number of carbonyl (C=O) groups is 2. The summed E-state index contributed by atoms with van der Waals surface area (Å²) in [6, 6.07) is 1.94. The van der Waals surface area contributed by atoms with Gasteiger partial charge in [0.15, 0.2) is 0 Å². The van der Waals surface area contributed by atoms with E-state index in [2.05, 4.69) is 10.3 Å². The largest absolute Gasteiger partial charge is 0.349 e. The molecule has 1 fully saturated rings. The van der Waals surface area contributed by atoms with Crippen molar-refractivity contribution < 1.29 is 9.59 Å². The minimum Gasteiger partial charge on any atom is -0.349 e. The van der Waals surface area contributed by atoms with Crippen LogP contribution in [-0.2, 0) is 16.0 Å². The highest BCUT2D eigenvalue weighted by atomic mass is 16.2. The molecule has 1 saturated heterocycles. The van der Waals surface area contributed by atoms with Crippen LogP contribution in [0.4, 0.5) is 0 Å². The summed E-state index contributed by atoms with van der Waals surface area (Å²) in [7, 11) is 5.31. The number of amides is 2. The Kier molecular flexibility index (Phi) is 6.87. The maximum atomic E-state index is 12.1. The van der Waals surface area contributed by atoms with E-state index in [-0.39, 0.29) is 17.7 Å². The number of piperidine rings is 1. The van der Waals surface area contributed by atoms with Crippen LogP contribution in [-0.4, -0.2) is 72.4 Å². The highest BCUT2D eigenvalue weighted by Gasteiger charge is 2.26. The smallest absolute Gasteiger partial charge is 0.236 e. The topological polar surface area (TPSA) is 78.4 Å². The molecular weight excluding hydrogens is 318 g/mol. The second kappa shape index (κ2) is 8.89. The van der Waals surface area contributed by atoms with Crippen LogP contribution in [0.15, 0.2) is 6.07 Å². The lowest BCUT2D eigenvalue weighted by Gasteiger charge is -2.32. The predicted octanol–water partition coefficient (Wildman–Crippen LogP) is 0.731. The molecule has 7 nitrogen and oxygen atoms in total. The Labute approximate surface area is 149 Å². The quantitative estimate of drug-likeness (QED) is 0.821. The first-order valence-electron chi connectivity index (χ1n) is 8.87. The molecule has 1 aromatic rings. The molecular formula is C18H29N5O2. The van der Waals surface area contributed by atoms with Gasteiger partial charge in [-0.15, -0.1) is 0 Å². The summed E-state index contributed by atoms with van der Waals surface area (Å²) in [6.07, 6.45) is 3.01. The number of carbonyl (C=O) groups excluding carboxylic acids is 2. The van der Waals surface area contributed by atoms with Gasteiger partial charge < -0.3 is 15.1 Å². The molecule has 0 saturated carbocycles. The van der Waals surface area contributed by atoms with E-state index in [1.807, 2.05) is 17.9 Å². The molecule has 1 aliphatic heterocycles. The summed E-state index contributed by atoms with van der Waals surface area (Å²) in [4.78, 5) is 36.7. The number of nitrogens with one attached hydrogen (secondary N) is 1. The third-order valence-electron chi connectivity index (χ3n) is 4.49. The van der Waals surface area contributed by atoms with E-state index in [9.17, 15) is 9.59 Å². The standard InChI is InChI=1S/C18H29N5O2/c1-13-10-15(7-8-16(24)22(3)4)21-18(20-13)14-6-5-9-23(12-14)17(25)11-19-2/h10,14,19H,5-9,11-12H2,1-4H3/t14-/m1/s1. The molecule has 7 heteroatoms. The van der Waals surface area contributed by atoms with Crippen molar-refractivity contribution in [3.8, 4) is 0 Å². The minimum absolute atomic E-state index is 0.0966. The van der Waals surface area contributed by atoms with Crippen molar-refractivity contribution in [2.45, 2.75) is 38.5 Å². The molecule has 1 N–H and O–H groups in total. The van der Waals surface area contributed by atoms with Crippen molar-refractivity contribution in [2.75, 3.05) is 40.8 Å². The zero-order valence-corrected chi connectivity index (χ0v) is 15.7. The monoisotopic (exact) mass is 347 g/mol. The summed E-state index contributed by atoms with van der Waals surface area (Å²) >= 11 is 0. The number of hydrogen-bond donors (Lipinski definition) is 1. The maximum absolute atomic E-state index is 12.1. The molecule has 0 radical (unpaired) electrons. The lowest BCUT2D eigenvalue weighted by atomic mass is 9.96. The summed E-state index contributed by atoms with van der Waals surface area (Å²) in [5.74, 6) is 1.18. The first-order valence-corrected chi connectivity index (χ1v) is 8.87. The molecule has 0 bridgehead atoms. The van der Waals surface area contributed by atoms with Crippen LogP contribution < -0.4 is 5.32 Å². The highest BCUT2D eigenvalue weighted by Crippen LogP contribution is 2.25. The fraction of sp³-hybridized carbons (Fsp3) is 0.667. The van der Waals surface area contributed by atoms with Gasteiger partial charge in [0.2, 0.25) is 11.8 Å². The SMILES string of the molecule is CNCC(=O)N1CCC[C@@H](c2nc(C)cc(CCC(=O)N(C)C)n2)C1. The number of aryl methyl sites for hydroxylation is 2. The Morgan fingerprint density at radius 1 is 1.36 bits per heavy atom. The van der Waals surface area contributed by atoms with Gasteiger partial charge in [-0.05, 0) is 39.3 Å². The van der Waals surface area contributed by atoms with Crippen molar-refractivity contribution >= 4 is 11.8 Å². The van der Waals surface area contributed by atoms with Gasteiger partial charge in [-0.1, -0.05) is 0 Å². The Morgan fingerprint density at radius 3 is 2.80 bits per heavy atom. The third-order valence-corrected chi connectivity index (χ3v) is 4.49. The van der Waals surface area contributed by atoms with Crippen molar-refractivity contribution in [1.29, 1.82) is 0 Å². The van der Waals surface area contributed by atoms with Crippen LogP contribution in [0.5, 0.6) is 0 Å². The predicted molar refractivity (Wildman–Crippen MR) is 96.3 cm³/mol. The number of aromatic nitrogens is 2. The van der Waals surface area contributed by atoms with Crippen molar-refractivity contribution in [3.05, 3.63) is 23.3 Å². The fourth-order valence-corrected chi connectivity index (χ4v) is 3.11. The van der Waals surface area contributed by atoms with Gasteiger partial charge in [-0.3, -0.25) is 9.59 Å². The highest BCUT2D eigenvalue weighted by molar-refractivity contribution is 5.78. The molecule has 2 amide bonds. The van der Waals surface area contributed by atoms with Crippen LogP contribution in [0.2, 0.25) is 0 Å². The second-order valence-electron chi connectivity index (χ2n) is 6.86. The lowest BCUT2D eigenvalue weighted by molar-refractivity contribution is -0.131. The number of likely N-dealkylation sites (tertiary alicyclic amines) is 1. The molecule has 25 heavy (non-hydrogen) atoms. The molecule has 0 aromatic carbocycles. The zero-order valence-electron chi connectivity index (χ0n) is 15.7. The molecule has 138 valence electrons. The van der Waals surface area contributed by atoms with E-state index in [0.717, 1.165) is 36.6 Å². The minimum atomic E-state index is 0.0966. The van der Waals surface area contributed by atoms with Crippen LogP contribution >= 0.6 is 0 Å². The average Bonchev–Trinajstić information content (AvgIpc) is 2.59. The van der Waals surface area contributed by atoms with Crippen LogP contribution in [0.25, 0.3) is 0 Å². The van der Waals surface area contributed by atoms with E-state index in [1.54, 1.807) is 26.0 Å². The van der Waals surface area contributed by atoms with Crippen molar-refractivity contribution in [2.24, 2.45) is 0 Å². The van der Waals surface area contributed by atoms with Crippen LogP contribution in [0, 0.1) is 6.92 Å². The van der Waals surface area contributed by atoms with E-state index in [0.29, 0.717) is 25.9 Å². The summed E-state index contributed by atoms with van der Waals surface area (Å²) in [5.41, 5.74) is 1.81. The third kappa shape index (κ3) is 5.49. The van der Waals surface area contributed by atoms with E-state index >= 15 is 0 Å². The number of likely N-dealkylation sites (N-methyl/N-ethyl adjacent to an activating group) is 1. The first kappa shape index (κ1) is 19.3. The summed E-state index contributed by atoms with van der Waals surface area (Å²) < 4.78 is 0. The van der Waals surface area contributed by atoms with E-state index in [1.165, 1.54) is 0 Å². The van der Waals surface area contributed by atoms with Gasteiger partial charge in [0, 0.05) is 50.9 Å². The Hall–Kier alpha value is -2.02. The molecule has 1 aliphatic rings. The van der Waals surface area contributed by atoms with Gasteiger partial charge in [0.25, 0.3) is 0 Å². The van der Waals surface area contributed by atoms with Gasteiger partial charge in [-0.25, -0.2) is 9.97 Å². The fourth-order valence-electron chi connectivity index (χ4n) is 3.11. The van der Waals surface area contributed by atoms with Gasteiger partial charge >= 0.3 is 0 Å². The number of hydrogen-bond acceptors (Lipinski definition) is 5. The van der Waals surface area contributed by atoms with Gasteiger partial charge in [-0.2, -0.15) is 0 Å². The molecule has 0 unspecified atom stereocenters. The number of nitrogens with zero attached hydrogens (tertiary/aromatic N) is 4. The van der Waals surface area contributed by atoms with Crippen LogP contribution in [0.3, 0.4) is 0 Å². The summed E-state index contributed by atoms with van der Waals surface area (Å²) in [6.45, 7) is 3.78. The first-order chi connectivity index (χ1) is 11.9. The Bertz CT molecular complexity index is 617.